The van der Waals surface area contributed by atoms with Gasteiger partial charge in [0.1, 0.15) is 5.75 Å². The average Bonchev–Trinajstić information content (AvgIpc) is 2.55. The standard InChI is InChI=1S/C19H24N2O2/c1-4-21(14-16-8-6-5-7-9-16)19(22)20-17-10-12-18(13-11-17)23-15(2)3/h5-13,15H,4,14H2,1-3H3,(H,20,22). The Morgan fingerprint density at radius 3 is 2.30 bits per heavy atom. The molecule has 122 valence electrons. The zero-order chi connectivity index (χ0) is 16.7. The molecule has 0 fully saturated rings. The Kier molecular flexibility index (Phi) is 6.03. The summed E-state index contributed by atoms with van der Waals surface area (Å²) in [5.41, 5.74) is 1.88. The molecule has 0 unspecified atom stereocenters. The Balaban J connectivity index is 1.96. The second kappa shape index (κ2) is 8.22. The molecule has 4 heteroatoms. The van der Waals surface area contributed by atoms with E-state index in [0.717, 1.165) is 17.0 Å². The number of carbonyl (C=O) groups is 1. The summed E-state index contributed by atoms with van der Waals surface area (Å²) in [5.74, 6) is 0.801. The summed E-state index contributed by atoms with van der Waals surface area (Å²) < 4.78 is 5.60. The van der Waals surface area contributed by atoms with E-state index < -0.39 is 0 Å². The molecule has 2 aromatic carbocycles. The number of amides is 2. The highest BCUT2D eigenvalue weighted by molar-refractivity contribution is 5.89. The van der Waals surface area contributed by atoms with Crippen molar-refractivity contribution in [3.8, 4) is 5.75 Å². The highest BCUT2D eigenvalue weighted by Gasteiger charge is 2.12. The van der Waals surface area contributed by atoms with E-state index in [1.807, 2.05) is 75.4 Å². The highest BCUT2D eigenvalue weighted by Crippen LogP contribution is 2.17. The second-order valence-corrected chi connectivity index (χ2v) is 5.62. The first-order chi connectivity index (χ1) is 11.1. The van der Waals surface area contributed by atoms with Gasteiger partial charge in [-0.3, -0.25) is 0 Å². The van der Waals surface area contributed by atoms with Gasteiger partial charge in [0.15, 0.2) is 0 Å². The number of anilines is 1. The van der Waals surface area contributed by atoms with Crippen molar-refractivity contribution in [1.29, 1.82) is 0 Å². The maximum Gasteiger partial charge on any atom is 0.322 e. The first kappa shape index (κ1) is 16.9. The van der Waals surface area contributed by atoms with Crippen molar-refractivity contribution < 1.29 is 9.53 Å². The van der Waals surface area contributed by atoms with Gasteiger partial charge in [-0.05, 0) is 50.6 Å². The van der Waals surface area contributed by atoms with Gasteiger partial charge in [0.25, 0.3) is 0 Å². The Labute approximate surface area is 138 Å². The smallest absolute Gasteiger partial charge is 0.322 e. The van der Waals surface area contributed by atoms with E-state index in [2.05, 4.69) is 5.32 Å². The molecule has 0 radical (unpaired) electrons. The average molecular weight is 312 g/mol. The molecule has 2 amide bonds. The summed E-state index contributed by atoms with van der Waals surface area (Å²) >= 11 is 0. The van der Waals surface area contributed by atoms with Gasteiger partial charge in [0.05, 0.1) is 6.10 Å². The van der Waals surface area contributed by atoms with Crippen LogP contribution in [-0.2, 0) is 6.54 Å². The molecule has 1 N–H and O–H groups in total. The molecule has 0 heterocycles. The lowest BCUT2D eigenvalue weighted by atomic mass is 10.2. The zero-order valence-corrected chi connectivity index (χ0v) is 14.0. The molecule has 0 aliphatic carbocycles. The number of ether oxygens (including phenoxy) is 1. The van der Waals surface area contributed by atoms with Crippen LogP contribution in [0.2, 0.25) is 0 Å². The van der Waals surface area contributed by atoms with Crippen molar-refractivity contribution in [1.82, 2.24) is 4.90 Å². The minimum atomic E-state index is -0.103. The molecule has 23 heavy (non-hydrogen) atoms. The van der Waals surface area contributed by atoms with Gasteiger partial charge in [0, 0.05) is 18.8 Å². The fourth-order valence-electron chi connectivity index (χ4n) is 2.22. The molecule has 0 aliphatic heterocycles. The third-order valence-corrected chi connectivity index (χ3v) is 3.36. The molecule has 0 saturated heterocycles. The van der Waals surface area contributed by atoms with Crippen LogP contribution in [0.5, 0.6) is 5.75 Å². The van der Waals surface area contributed by atoms with Crippen LogP contribution in [0, 0.1) is 0 Å². The van der Waals surface area contributed by atoms with Crippen LogP contribution in [-0.4, -0.2) is 23.6 Å². The van der Waals surface area contributed by atoms with Gasteiger partial charge >= 0.3 is 6.03 Å². The van der Waals surface area contributed by atoms with Gasteiger partial charge in [-0.15, -0.1) is 0 Å². The normalized spacial score (nSPS) is 10.4. The number of benzene rings is 2. The van der Waals surface area contributed by atoms with Gasteiger partial charge in [-0.25, -0.2) is 4.79 Å². The number of carbonyl (C=O) groups excluding carboxylic acids is 1. The topological polar surface area (TPSA) is 41.6 Å². The first-order valence-electron chi connectivity index (χ1n) is 7.95. The van der Waals surface area contributed by atoms with Crippen LogP contribution in [0.25, 0.3) is 0 Å². The molecule has 2 aromatic rings. The highest BCUT2D eigenvalue weighted by atomic mass is 16.5. The fraction of sp³-hybridized carbons (Fsp3) is 0.316. The summed E-state index contributed by atoms with van der Waals surface area (Å²) in [6.45, 7) is 7.19. The minimum absolute atomic E-state index is 0.103. The minimum Gasteiger partial charge on any atom is -0.491 e. The van der Waals surface area contributed by atoms with Crippen LogP contribution in [0.15, 0.2) is 54.6 Å². The molecule has 0 spiro atoms. The second-order valence-electron chi connectivity index (χ2n) is 5.62. The molecular formula is C19H24N2O2. The number of urea groups is 1. The summed E-state index contributed by atoms with van der Waals surface area (Å²) in [7, 11) is 0. The van der Waals surface area contributed by atoms with Gasteiger partial charge in [-0.2, -0.15) is 0 Å². The summed E-state index contributed by atoms with van der Waals surface area (Å²) in [6, 6.07) is 17.3. The molecule has 4 nitrogen and oxygen atoms in total. The molecular weight excluding hydrogens is 288 g/mol. The molecule has 2 rings (SSSR count). The third-order valence-electron chi connectivity index (χ3n) is 3.36. The lowest BCUT2D eigenvalue weighted by Crippen LogP contribution is -2.34. The monoisotopic (exact) mass is 312 g/mol. The molecule has 0 aromatic heterocycles. The Bertz CT molecular complexity index is 609. The van der Waals surface area contributed by atoms with Crippen molar-refractivity contribution in [2.45, 2.75) is 33.4 Å². The maximum atomic E-state index is 12.4. The third kappa shape index (κ3) is 5.33. The predicted octanol–water partition coefficient (Wildman–Crippen LogP) is 4.53. The van der Waals surface area contributed by atoms with E-state index in [9.17, 15) is 4.79 Å². The summed E-state index contributed by atoms with van der Waals surface area (Å²) in [4.78, 5) is 14.2. The Hall–Kier alpha value is -2.49. The maximum absolute atomic E-state index is 12.4. The van der Waals surface area contributed by atoms with Crippen LogP contribution in [0.3, 0.4) is 0 Å². The largest absolute Gasteiger partial charge is 0.491 e. The summed E-state index contributed by atoms with van der Waals surface area (Å²) in [6.07, 6.45) is 0.136. The van der Waals surface area contributed by atoms with Crippen molar-refractivity contribution in [3.05, 3.63) is 60.2 Å². The van der Waals surface area contributed by atoms with Crippen LogP contribution in [0.4, 0.5) is 10.5 Å². The van der Waals surface area contributed by atoms with E-state index in [-0.39, 0.29) is 12.1 Å². The number of rotatable bonds is 6. The van der Waals surface area contributed by atoms with Crippen molar-refractivity contribution >= 4 is 11.7 Å². The van der Waals surface area contributed by atoms with E-state index in [1.54, 1.807) is 4.90 Å². The summed E-state index contributed by atoms with van der Waals surface area (Å²) in [5, 5.41) is 2.93. The van der Waals surface area contributed by atoms with E-state index in [4.69, 9.17) is 4.74 Å². The number of hydrogen-bond donors (Lipinski definition) is 1. The Morgan fingerprint density at radius 2 is 1.74 bits per heavy atom. The molecule has 0 atom stereocenters. The number of nitrogens with one attached hydrogen (secondary N) is 1. The SMILES string of the molecule is CCN(Cc1ccccc1)C(=O)Nc1ccc(OC(C)C)cc1. The van der Waals surface area contributed by atoms with Gasteiger partial charge < -0.3 is 15.0 Å². The van der Waals surface area contributed by atoms with E-state index in [0.29, 0.717) is 13.1 Å². The van der Waals surface area contributed by atoms with Crippen molar-refractivity contribution in [2.24, 2.45) is 0 Å². The van der Waals surface area contributed by atoms with Crippen LogP contribution in [0.1, 0.15) is 26.3 Å². The Morgan fingerprint density at radius 1 is 1.09 bits per heavy atom. The van der Waals surface area contributed by atoms with Crippen molar-refractivity contribution in [3.63, 3.8) is 0 Å². The van der Waals surface area contributed by atoms with E-state index >= 15 is 0 Å². The van der Waals surface area contributed by atoms with Gasteiger partial charge in [-0.1, -0.05) is 30.3 Å². The number of hydrogen-bond acceptors (Lipinski definition) is 2. The van der Waals surface area contributed by atoms with Crippen LogP contribution < -0.4 is 10.1 Å². The molecule has 0 saturated carbocycles. The van der Waals surface area contributed by atoms with Crippen molar-refractivity contribution in [2.75, 3.05) is 11.9 Å². The van der Waals surface area contributed by atoms with Crippen LogP contribution >= 0.6 is 0 Å². The van der Waals surface area contributed by atoms with Gasteiger partial charge in [0.2, 0.25) is 0 Å². The lowest BCUT2D eigenvalue weighted by Gasteiger charge is -2.21. The zero-order valence-electron chi connectivity index (χ0n) is 14.0. The molecule has 0 aliphatic rings. The van der Waals surface area contributed by atoms with E-state index in [1.165, 1.54) is 0 Å². The predicted molar refractivity (Wildman–Crippen MR) is 93.8 cm³/mol. The fourth-order valence-corrected chi connectivity index (χ4v) is 2.22. The molecule has 0 bridgehead atoms. The first-order valence-corrected chi connectivity index (χ1v) is 7.95. The lowest BCUT2D eigenvalue weighted by molar-refractivity contribution is 0.212. The quantitative estimate of drug-likeness (QED) is 0.851. The number of nitrogens with zero attached hydrogens (tertiary/aromatic N) is 1.